The zero-order valence-corrected chi connectivity index (χ0v) is 13.3. The largest absolute Gasteiger partial charge is 0.493 e. The van der Waals surface area contributed by atoms with Gasteiger partial charge >= 0.3 is 0 Å². The number of nitrogens with zero attached hydrogens (tertiary/aromatic N) is 2. The lowest BCUT2D eigenvalue weighted by molar-refractivity contribution is 0.319. The normalized spacial score (nSPS) is 11.3. The molecule has 2 heterocycles. The van der Waals surface area contributed by atoms with E-state index in [2.05, 4.69) is 16.9 Å². The Morgan fingerprint density at radius 1 is 1.33 bits per heavy atom. The van der Waals surface area contributed by atoms with Crippen LogP contribution < -0.4 is 10.5 Å². The molecule has 21 heavy (non-hydrogen) atoms. The van der Waals surface area contributed by atoms with Crippen LogP contribution in [0.2, 0.25) is 0 Å². The number of alkyl halides is 1. The minimum absolute atomic E-state index is 0.478. The summed E-state index contributed by atoms with van der Waals surface area (Å²) in [5, 5.41) is 2.15. The van der Waals surface area contributed by atoms with E-state index in [9.17, 15) is 0 Å². The van der Waals surface area contributed by atoms with E-state index in [0.29, 0.717) is 18.3 Å². The Morgan fingerprint density at radius 2 is 2.19 bits per heavy atom. The highest BCUT2D eigenvalue weighted by Gasteiger charge is 2.12. The summed E-state index contributed by atoms with van der Waals surface area (Å²) in [7, 11) is 0. The van der Waals surface area contributed by atoms with Gasteiger partial charge in [-0.1, -0.05) is 6.92 Å². The van der Waals surface area contributed by atoms with Gasteiger partial charge < -0.3 is 10.5 Å². The summed E-state index contributed by atoms with van der Waals surface area (Å²) in [4.78, 5) is 9.01. The van der Waals surface area contributed by atoms with Gasteiger partial charge in [0, 0.05) is 17.3 Å². The Hall–Kier alpha value is -1.59. The quantitative estimate of drug-likeness (QED) is 0.570. The maximum Gasteiger partial charge on any atom is 0.151 e. The molecule has 6 heteroatoms. The number of aryl methyl sites for hydroxylation is 1. The summed E-state index contributed by atoms with van der Waals surface area (Å²) in [6.45, 7) is 2.69. The van der Waals surface area contributed by atoms with E-state index in [1.807, 2.05) is 18.2 Å². The highest BCUT2D eigenvalue weighted by molar-refractivity contribution is 7.19. The fourth-order valence-electron chi connectivity index (χ4n) is 2.18. The lowest BCUT2D eigenvalue weighted by Crippen LogP contribution is -1.98. The second-order valence-electron chi connectivity index (χ2n) is 4.71. The molecular formula is C15H16ClN3OS. The van der Waals surface area contributed by atoms with Crippen molar-refractivity contribution in [2.75, 3.05) is 18.2 Å². The number of nitrogen functional groups attached to an aromatic ring is 1. The van der Waals surface area contributed by atoms with E-state index in [1.165, 1.54) is 0 Å². The molecule has 4 nitrogen and oxygen atoms in total. The Morgan fingerprint density at radius 3 is 2.95 bits per heavy atom. The van der Waals surface area contributed by atoms with Gasteiger partial charge in [-0.3, -0.25) is 0 Å². The Bertz CT molecular complexity index is 787. The summed E-state index contributed by atoms with van der Waals surface area (Å²) in [6, 6.07) is 5.90. The summed E-state index contributed by atoms with van der Waals surface area (Å²) in [5.74, 6) is 1.87. The van der Waals surface area contributed by atoms with Crippen LogP contribution in [0.15, 0.2) is 18.2 Å². The predicted molar refractivity (Wildman–Crippen MR) is 89.5 cm³/mol. The Balaban J connectivity index is 2.07. The van der Waals surface area contributed by atoms with Crippen LogP contribution in [-0.4, -0.2) is 22.5 Å². The number of ether oxygens (including phenoxy) is 1. The lowest BCUT2D eigenvalue weighted by Gasteiger charge is -2.07. The number of hydrogen-bond acceptors (Lipinski definition) is 5. The van der Waals surface area contributed by atoms with Crippen molar-refractivity contribution in [3.63, 3.8) is 0 Å². The van der Waals surface area contributed by atoms with Crippen molar-refractivity contribution in [2.24, 2.45) is 0 Å². The van der Waals surface area contributed by atoms with Crippen LogP contribution in [0, 0.1) is 0 Å². The van der Waals surface area contributed by atoms with Gasteiger partial charge in [-0.15, -0.1) is 22.9 Å². The number of fused-ring (bicyclic) bond motifs is 3. The molecule has 0 bridgehead atoms. The summed E-state index contributed by atoms with van der Waals surface area (Å²) >= 11 is 7.33. The number of thiazole rings is 1. The van der Waals surface area contributed by atoms with Crippen molar-refractivity contribution in [3.05, 3.63) is 23.2 Å². The van der Waals surface area contributed by atoms with Crippen LogP contribution in [0.25, 0.3) is 21.1 Å². The number of aromatic nitrogens is 2. The minimum Gasteiger partial charge on any atom is -0.493 e. The summed E-state index contributed by atoms with van der Waals surface area (Å²) in [6.07, 6.45) is 1.73. The molecule has 0 unspecified atom stereocenters. The maximum atomic E-state index is 6.04. The zero-order valence-electron chi connectivity index (χ0n) is 11.7. The van der Waals surface area contributed by atoms with Crippen LogP contribution in [0.1, 0.15) is 18.4 Å². The van der Waals surface area contributed by atoms with Crippen LogP contribution in [0.5, 0.6) is 5.75 Å². The fraction of sp³-hybridized carbons (Fsp3) is 0.333. The molecule has 0 aliphatic carbocycles. The highest BCUT2D eigenvalue weighted by Crippen LogP contribution is 2.34. The Labute approximate surface area is 131 Å². The third-order valence-electron chi connectivity index (χ3n) is 3.22. The molecule has 3 rings (SSSR count). The number of pyridine rings is 1. The lowest BCUT2D eigenvalue weighted by atomic mass is 10.2. The molecule has 110 valence electrons. The van der Waals surface area contributed by atoms with Crippen LogP contribution in [-0.2, 0) is 6.42 Å². The van der Waals surface area contributed by atoms with Crippen molar-refractivity contribution in [2.45, 2.75) is 19.8 Å². The molecule has 3 aromatic rings. The van der Waals surface area contributed by atoms with E-state index in [-0.39, 0.29) is 0 Å². The molecule has 0 atom stereocenters. The van der Waals surface area contributed by atoms with E-state index in [1.54, 1.807) is 11.3 Å². The maximum absolute atomic E-state index is 6.04. The minimum atomic E-state index is 0.478. The first-order valence-corrected chi connectivity index (χ1v) is 8.25. The first-order chi connectivity index (χ1) is 10.2. The van der Waals surface area contributed by atoms with Gasteiger partial charge in [-0.05, 0) is 25.0 Å². The molecule has 0 spiro atoms. The predicted octanol–water partition coefficient (Wildman–Crippen LogP) is 4.00. The first kappa shape index (κ1) is 14.4. The Kier molecular flexibility index (Phi) is 4.12. The average Bonchev–Trinajstić information content (AvgIpc) is 2.92. The summed E-state index contributed by atoms with van der Waals surface area (Å²) in [5.41, 5.74) is 7.68. The molecule has 0 saturated heterocycles. The van der Waals surface area contributed by atoms with Gasteiger partial charge in [-0.2, -0.15) is 0 Å². The van der Waals surface area contributed by atoms with Crippen LogP contribution in [0.3, 0.4) is 0 Å². The molecule has 2 aromatic heterocycles. The van der Waals surface area contributed by atoms with Gasteiger partial charge in [0.15, 0.2) is 5.82 Å². The van der Waals surface area contributed by atoms with Gasteiger partial charge in [-0.25, -0.2) is 9.97 Å². The van der Waals surface area contributed by atoms with E-state index in [4.69, 9.17) is 22.1 Å². The second-order valence-corrected chi connectivity index (χ2v) is 6.17. The standard InChI is InChI=1S/C15H16ClN3OS/c1-2-12-19-13-14(21-12)10-5-4-9(20-7-3-6-16)8-11(10)18-15(13)17/h4-5,8H,2-3,6-7H2,1H3,(H2,17,18). The number of rotatable bonds is 5. The van der Waals surface area contributed by atoms with E-state index < -0.39 is 0 Å². The van der Waals surface area contributed by atoms with Gasteiger partial charge in [0.2, 0.25) is 0 Å². The molecule has 1 aromatic carbocycles. The van der Waals surface area contributed by atoms with Crippen molar-refractivity contribution in [3.8, 4) is 5.75 Å². The third kappa shape index (κ3) is 2.76. The van der Waals surface area contributed by atoms with Gasteiger partial charge in [0.1, 0.15) is 11.3 Å². The molecule has 0 radical (unpaired) electrons. The number of hydrogen-bond donors (Lipinski definition) is 1. The highest BCUT2D eigenvalue weighted by atomic mass is 35.5. The number of nitrogens with two attached hydrogens (primary N) is 1. The fourth-order valence-corrected chi connectivity index (χ4v) is 3.34. The molecule has 0 aliphatic heterocycles. The number of benzene rings is 1. The smallest absolute Gasteiger partial charge is 0.151 e. The van der Waals surface area contributed by atoms with Crippen molar-refractivity contribution in [1.29, 1.82) is 0 Å². The summed E-state index contributed by atoms with van der Waals surface area (Å²) < 4.78 is 6.75. The molecule has 0 fully saturated rings. The van der Waals surface area contributed by atoms with Crippen LogP contribution >= 0.6 is 22.9 Å². The van der Waals surface area contributed by atoms with Crippen molar-refractivity contribution in [1.82, 2.24) is 9.97 Å². The average molecular weight is 322 g/mol. The van der Waals surface area contributed by atoms with Crippen molar-refractivity contribution < 1.29 is 4.74 Å². The molecular weight excluding hydrogens is 306 g/mol. The molecule has 0 saturated carbocycles. The number of halogens is 1. The van der Waals surface area contributed by atoms with E-state index in [0.717, 1.165) is 44.7 Å². The van der Waals surface area contributed by atoms with E-state index >= 15 is 0 Å². The zero-order chi connectivity index (χ0) is 14.8. The van der Waals surface area contributed by atoms with Gasteiger partial charge in [0.05, 0.1) is 21.8 Å². The molecule has 2 N–H and O–H groups in total. The molecule has 0 aliphatic rings. The van der Waals surface area contributed by atoms with Gasteiger partial charge in [0.25, 0.3) is 0 Å². The topological polar surface area (TPSA) is 61.0 Å². The monoisotopic (exact) mass is 321 g/mol. The third-order valence-corrected chi connectivity index (χ3v) is 4.72. The molecule has 0 amide bonds. The van der Waals surface area contributed by atoms with Crippen molar-refractivity contribution >= 4 is 49.9 Å². The number of anilines is 1. The second kappa shape index (κ2) is 6.03. The van der Waals surface area contributed by atoms with Crippen LogP contribution in [0.4, 0.5) is 5.82 Å². The first-order valence-electron chi connectivity index (χ1n) is 6.90. The SMILES string of the molecule is CCc1nc2c(N)nc3cc(OCCCCl)ccc3c2s1.